The fourth-order valence-corrected chi connectivity index (χ4v) is 3.05. The van der Waals surface area contributed by atoms with Gasteiger partial charge in [0.15, 0.2) is 22.8 Å². The fraction of sp³-hybridized carbons (Fsp3) is 0.176. The number of nitrogens with one attached hydrogen (secondary N) is 1. The Bertz CT molecular complexity index is 882. The van der Waals surface area contributed by atoms with E-state index in [0.717, 1.165) is 11.3 Å². The number of fused-ring (bicyclic) bond motifs is 1. The van der Waals surface area contributed by atoms with Crippen LogP contribution in [0.5, 0.6) is 5.75 Å². The van der Waals surface area contributed by atoms with E-state index >= 15 is 0 Å². The average molecular weight is 348 g/mol. The summed E-state index contributed by atoms with van der Waals surface area (Å²) >= 11 is 1.16. The summed E-state index contributed by atoms with van der Waals surface area (Å²) in [6.07, 6.45) is -0.495. The predicted octanol–water partition coefficient (Wildman–Crippen LogP) is 4.37. The maximum absolute atomic E-state index is 13.7. The van der Waals surface area contributed by atoms with Crippen molar-refractivity contribution in [1.29, 1.82) is 0 Å². The van der Waals surface area contributed by atoms with Gasteiger partial charge in [0.1, 0.15) is 5.82 Å². The third-order valence-electron chi connectivity index (χ3n) is 3.35. The zero-order valence-electron chi connectivity index (χ0n) is 12.8. The van der Waals surface area contributed by atoms with Crippen LogP contribution >= 0.6 is 11.3 Å². The van der Waals surface area contributed by atoms with Gasteiger partial charge < -0.3 is 4.74 Å². The van der Waals surface area contributed by atoms with Crippen LogP contribution in [-0.4, -0.2) is 17.0 Å². The number of halogens is 2. The molecule has 1 heterocycles. The molecule has 124 valence electrons. The molecule has 0 aliphatic carbocycles. The van der Waals surface area contributed by atoms with Gasteiger partial charge in [0.2, 0.25) is 0 Å². The number of carbonyl (C=O) groups excluding carboxylic acids is 1. The number of ether oxygens (including phenoxy) is 1. The summed E-state index contributed by atoms with van der Waals surface area (Å²) in [5.74, 6) is -1.30. The summed E-state index contributed by atoms with van der Waals surface area (Å²) in [4.78, 5) is 16.6. The lowest BCUT2D eigenvalue weighted by Crippen LogP contribution is -2.32. The Kier molecular flexibility index (Phi) is 4.71. The highest BCUT2D eigenvalue weighted by atomic mass is 32.1. The summed E-state index contributed by atoms with van der Waals surface area (Å²) in [5, 5.41) is 2.98. The van der Waals surface area contributed by atoms with Crippen molar-refractivity contribution in [3.05, 3.63) is 54.1 Å². The van der Waals surface area contributed by atoms with Crippen molar-refractivity contribution in [2.75, 3.05) is 5.32 Å². The first kappa shape index (κ1) is 16.3. The van der Waals surface area contributed by atoms with Crippen molar-refractivity contribution in [1.82, 2.24) is 4.98 Å². The summed E-state index contributed by atoms with van der Waals surface area (Å²) in [6.45, 7) is 1.76. The monoisotopic (exact) mass is 348 g/mol. The van der Waals surface area contributed by atoms with Gasteiger partial charge >= 0.3 is 0 Å². The second-order valence-electron chi connectivity index (χ2n) is 5.07. The molecule has 1 aromatic heterocycles. The van der Waals surface area contributed by atoms with Crippen LogP contribution in [0.2, 0.25) is 0 Å². The fourth-order valence-electron chi connectivity index (χ4n) is 2.15. The van der Waals surface area contributed by atoms with E-state index in [1.165, 1.54) is 24.3 Å². The van der Waals surface area contributed by atoms with Crippen LogP contribution in [0.1, 0.15) is 13.3 Å². The highest BCUT2D eigenvalue weighted by Crippen LogP contribution is 2.27. The molecule has 0 radical (unpaired) electrons. The lowest BCUT2D eigenvalue weighted by atomic mass is 10.2. The first-order valence-electron chi connectivity index (χ1n) is 7.35. The van der Waals surface area contributed by atoms with Gasteiger partial charge in [-0.3, -0.25) is 10.1 Å². The van der Waals surface area contributed by atoms with Crippen molar-refractivity contribution >= 4 is 32.6 Å². The SMILES string of the molecule is CC[C@@H](Oc1ccccc1F)C(=O)Nc1nc2ccc(F)cc2s1. The zero-order chi connectivity index (χ0) is 17.1. The van der Waals surface area contributed by atoms with Crippen LogP contribution in [0.15, 0.2) is 42.5 Å². The molecule has 0 bridgehead atoms. The standard InChI is InChI=1S/C17H14F2N2O2S/c1-2-13(23-14-6-4-3-5-11(14)19)16(22)21-17-20-12-8-7-10(18)9-15(12)24-17/h3-9,13H,2H2,1H3,(H,20,21,22)/t13-/m1/s1. The molecule has 0 saturated carbocycles. The molecule has 1 N–H and O–H groups in total. The van der Waals surface area contributed by atoms with Crippen molar-refractivity contribution in [3.63, 3.8) is 0 Å². The van der Waals surface area contributed by atoms with Crippen molar-refractivity contribution in [2.24, 2.45) is 0 Å². The first-order chi connectivity index (χ1) is 11.6. The molecule has 3 rings (SSSR count). The molecule has 0 saturated heterocycles. The average Bonchev–Trinajstić information content (AvgIpc) is 2.95. The van der Waals surface area contributed by atoms with E-state index in [1.54, 1.807) is 25.1 Å². The number of thiazole rings is 1. The van der Waals surface area contributed by atoms with Crippen LogP contribution in [0, 0.1) is 11.6 Å². The van der Waals surface area contributed by atoms with E-state index in [9.17, 15) is 13.6 Å². The van der Waals surface area contributed by atoms with Gasteiger partial charge in [-0.1, -0.05) is 30.4 Å². The smallest absolute Gasteiger partial charge is 0.267 e. The molecule has 0 spiro atoms. The van der Waals surface area contributed by atoms with Gasteiger partial charge in [0.25, 0.3) is 5.91 Å². The molecule has 2 aromatic carbocycles. The minimum Gasteiger partial charge on any atom is -0.478 e. The molecule has 4 nitrogen and oxygen atoms in total. The number of para-hydroxylation sites is 1. The summed E-state index contributed by atoms with van der Waals surface area (Å²) in [6, 6.07) is 10.1. The number of nitrogens with zero attached hydrogens (tertiary/aromatic N) is 1. The largest absolute Gasteiger partial charge is 0.478 e. The van der Waals surface area contributed by atoms with E-state index in [1.807, 2.05) is 0 Å². The van der Waals surface area contributed by atoms with Crippen LogP contribution < -0.4 is 10.1 Å². The number of hydrogen-bond acceptors (Lipinski definition) is 4. The van der Waals surface area contributed by atoms with Gasteiger partial charge in [0.05, 0.1) is 10.2 Å². The van der Waals surface area contributed by atoms with Gasteiger partial charge in [-0.2, -0.15) is 0 Å². The minimum atomic E-state index is -0.856. The molecule has 3 aromatic rings. The van der Waals surface area contributed by atoms with E-state index in [4.69, 9.17) is 4.74 Å². The predicted molar refractivity (Wildman–Crippen MR) is 89.3 cm³/mol. The Morgan fingerprint density at radius 1 is 1.29 bits per heavy atom. The summed E-state index contributed by atoms with van der Waals surface area (Å²) in [5.41, 5.74) is 0.597. The van der Waals surface area contributed by atoms with Crippen molar-refractivity contribution in [2.45, 2.75) is 19.4 Å². The number of rotatable bonds is 5. The second-order valence-corrected chi connectivity index (χ2v) is 6.10. The van der Waals surface area contributed by atoms with E-state index in [0.29, 0.717) is 21.8 Å². The number of aromatic nitrogens is 1. The highest BCUT2D eigenvalue weighted by Gasteiger charge is 2.21. The topological polar surface area (TPSA) is 51.2 Å². The quantitative estimate of drug-likeness (QED) is 0.745. The number of hydrogen-bond donors (Lipinski definition) is 1. The summed E-state index contributed by atoms with van der Waals surface area (Å²) in [7, 11) is 0. The molecule has 1 amide bonds. The first-order valence-corrected chi connectivity index (χ1v) is 8.16. The minimum absolute atomic E-state index is 0.0193. The van der Waals surface area contributed by atoms with Crippen LogP contribution in [0.3, 0.4) is 0 Å². The van der Waals surface area contributed by atoms with Crippen LogP contribution in [-0.2, 0) is 4.79 Å². The molecular formula is C17H14F2N2O2S. The zero-order valence-corrected chi connectivity index (χ0v) is 13.6. The third-order valence-corrected chi connectivity index (χ3v) is 4.28. The Hall–Kier alpha value is -2.54. The second kappa shape index (κ2) is 6.92. The van der Waals surface area contributed by atoms with Crippen molar-refractivity contribution < 1.29 is 18.3 Å². The van der Waals surface area contributed by atoms with Crippen LogP contribution in [0.4, 0.5) is 13.9 Å². The molecule has 0 fully saturated rings. The molecule has 7 heteroatoms. The van der Waals surface area contributed by atoms with E-state index in [2.05, 4.69) is 10.3 Å². The molecule has 0 unspecified atom stereocenters. The Morgan fingerprint density at radius 2 is 2.08 bits per heavy atom. The number of amides is 1. The van der Waals surface area contributed by atoms with Crippen LogP contribution in [0.25, 0.3) is 10.2 Å². The molecule has 24 heavy (non-hydrogen) atoms. The molecule has 0 aliphatic rings. The Labute approximate surface area is 141 Å². The van der Waals surface area contributed by atoms with Gasteiger partial charge in [-0.15, -0.1) is 0 Å². The molecule has 1 atom stereocenters. The maximum atomic E-state index is 13.7. The number of benzene rings is 2. The Morgan fingerprint density at radius 3 is 2.83 bits per heavy atom. The number of anilines is 1. The Balaban J connectivity index is 1.75. The summed E-state index contributed by atoms with van der Waals surface area (Å²) < 4.78 is 32.9. The van der Waals surface area contributed by atoms with E-state index in [-0.39, 0.29) is 11.6 Å². The number of carbonyl (C=O) groups is 1. The lowest BCUT2D eigenvalue weighted by molar-refractivity contribution is -0.122. The van der Waals surface area contributed by atoms with Gasteiger partial charge in [0, 0.05) is 0 Å². The van der Waals surface area contributed by atoms with Crippen molar-refractivity contribution in [3.8, 4) is 5.75 Å². The molecular weight excluding hydrogens is 334 g/mol. The van der Waals surface area contributed by atoms with E-state index < -0.39 is 17.8 Å². The third kappa shape index (κ3) is 3.51. The normalized spacial score (nSPS) is 12.1. The maximum Gasteiger partial charge on any atom is 0.267 e. The van der Waals surface area contributed by atoms with Gasteiger partial charge in [-0.25, -0.2) is 13.8 Å². The highest BCUT2D eigenvalue weighted by molar-refractivity contribution is 7.22. The lowest BCUT2D eigenvalue weighted by Gasteiger charge is -2.16. The van der Waals surface area contributed by atoms with Gasteiger partial charge in [-0.05, 0) is 36.8 Å². The molecule has 0 aliphatic heterocycles.